The molecule has 7 heteroatoms. The van der Waals surface area contributed by atoms with E-state index in [0.29, 0.717) is 25.2 Å². The number of pyridine rings is 1. The first-order valence-electron chi connectivity index (χ1n) is 12.2. The van der Waals surface area contributed by atoms with E-state index in [0.717, 1.165) is 28.8 Å². The SMILES string of the molecule is Cn1c(=O)n(CC(C)(C)C)c2ccc(C3=CCC(C)(C)C(N(Cc4ccccc4)C(=O)O)C3)nc21. The number of allylic oxidation sites excluding steroid dienone is 1. The second-order valence-electron chi connectivity index (χ2n) is 11.6. The summed E-state index contributed by atoms with van der Waals surface area (Å²) in [5.74, 6) is 0. The Kier molecular flexibility index (Phi) is 6.38. The van der Waals surface area contributed by atoms with Crippen molar-refractivity contribution in [2.75, 3.05) is 0 Å². The lowest BCUT2D eigenvalue weighted by molar-refractivity contribution is 0.0703. The highest BCUT2D eigenvalue weighted by atomic mass is 16.4. The van der Waals surface area contributed by atoms with Gasteiger partial charge in [-0.25, -0.2) is 14.6 Å². The number of fused-ring (bicyclic) bond motifs is 1. The van der Waals surface area contributed by atoms with Crippen molar-refractivity contribution in [3.63, 3.8) is 0 Å². The molecule has 2 heterocycles. The van der Waals surface area contributed by atoms with Crippen LogP contribution in [-0.2, 0) is 20.1 Å². The van der Waals surface area contributed by atoms with Gasteiger partial charge in [0.15, 0.2) is 5.65 Å². The van der Waals surface area contributed by atoms with Crippen LogP contribution in [0.2, 0.25) is 0 Å². The molecule has 1 aliphatic rings. The largest absolute Gasteiger partial charge is 0.465 e. The van der Waals surface area contributed by atoms with Gasteiger partial charge in [0.05, 0.1) is 11.2 Å². The van der Waals surface area contributed by atoms with Gasteiger partial charge in [0, 0.05) is 26.2 Å². The van der Waals surface area contributed by atoms with Gasteiger partial charge in [-0.15, -0.1) is 0 Å². The average Bonchev–Trinajstić information content (AvgIpc) is 3.01. The summed E-state index contributed by atoms with van der Waals surface area (Å²) in [7, 11) is 1.76. The average molecular weight is 477 g/mol. The number of carboxylic acid groups (broad SMARTS) is 1. The molecule has 4 rings (SSSR count). The number of amides is 1. The van der Waals surface area contributed by atoms with Gasteiger partial charge in [0.2, 0.25) is 0 Å². The highest BCUT2D eigenvalue weighted by Gasteiger charge is 2.39. The maximum absolute atomic E-state index is 12.9. The third-order valence-electron chi connectivity index (χ3n) is 6.95. The van der Waals surface area contributed by atoms with E-state index < -0.39 is 6.09 Å². The minimum atomic E-state index is -0.918. The Morgan fingerprint density at radius 1 is 1.17 bits per heavy atom. The van der Waals surface area contributed by atoms with Gasteiger partial charge in [0.1, 0.15) is 0 Å². The van der Waals surface area contributed by atoms with Crippen molar-refractivity contribution < 1.29 is 9.90 Å². The molecule has 1 aliphatic carbocycles. The molecule has 0 saturated carbocycles. The van der Waals surface area contributed by atoms with Gasteiger partial charge in [-0.1, -0.05) is 71.0 Å². The number of hydrogen-bond donors (Lipinski definition) is 1. The van der Waals surface area contributed by atoms with Gasteiger partial charge in [-0.2, -0.15) is 0 Å². The van der Waals surface area contributed by atoms with Gasteiger partial charge >= 0.3 is 11.8 Å². The molecule has 1 amide bonds. The third-order valence-corrected chi connectivity index (χ3v) is 6.95. The van der Waals surface area contributed by atoms with Crippen molar-refractivity contribution in [1.82, 2.24) is 19.0 Å². The number of hydrogen-bond acceptors (Lipinski definition) is 3. The van der Waals surface area contributed by atoms with Gasteiger partial charge in [0.25, 0.3) is 0 Å². The molecule has 35 heavy (non-hydrogen) atoms. The van der Waals surface area contributed by atoms with Gasteiger partial charge < -0.3 is 10.0 Å². The molecule has 1 aromatic carbocycles. The highest BCUT2D eigenvalue weighted by molar-refractivity contribution is 5.76. The van der Waals surface area contributed by atoms with Crippen LogP contribution in [0.5, 0.6) is 0 Å². The Morgan fingerprint density at radius 3 is 2.49 bits per heavy atom. The lowest BCUT2D eigenvalue weighted by Crippen LogP contribution is -2.48. The second-order valence-corrected chi connectivity index (χ2v) is 11.6. The predicted molar refractivity (Wildman–Crippen MR) is 139 cm³/mol. The van der Waals surface area contributed by atoms with Gasteiger partial charge in [-0.05, 0) is 46.9 Å². The van der Waals surface area contributed by atoms with Crippen LogP contribution < -0.4 is 5.69 Å². The quantitative estimate of drug-likeness (QED) is 0.525. The first-order chi connectivity index (χ1) is 16.4. The van der Waals surface area contributed by atoms with Crippen molar-refractivity contribution in [3.8, 4) is 0 Å². The molecular weight excluding hydrogens is 440 g/mol. The zero-order chi connectivity index (χ0) is 25.5. The van der Waals surface area contributed by atoms with E-state index in [4.69, 9.17) is 4.98 Å². The molecule has 0 saturated heterocycles. The maximum Gasteiger partial charge on any atom is 0.407 e. The Labute approximate surface area is 206 Å². The number of benzene rings is 1. The Bertz CT molecular complexity index is 1330. The fourth-order valence-electron chi connectivity index (χ4n) is 5.00. The Balaban J connectivity index is 1.69. The predicted octanol–water partition coefficient (Wildman–Crippen LogP) is 5.53. The summed E-state index contributed by atoms with van der Waals surface area (Å²) in [6, 6.07) is 13.4. The molecule has 0 radical (unpaired) electrons. The third kappa shape index (κ3) is 5.04. The van der Waals surface area contributed by atoms with Crippen LogP contribution in [0.1, 0.15) is 58.7 Å². The molecule has 0 spiro atoms. The molecule has 7 nitrogen and oxygen atoms in total. The highest BCUT2D eigenvalue weighted by Crippen LogP contribution is 2.41. The fourth-order valence-corrected chi connectivity index (χ4v) is 5.00. The van der Waals surface area contributed by atoms with Crippen LogP contribution in [-0.4, -0.2) is 36.3 Å². The molecule has 0 aliphatic heterocycles. The van der Waals surface area contributed by atoms with Gasteiger partial charge in [-0.3, -0.25) is 9.13 Å². The maximum atomic E-state index is 12.9. The van der Waals surface area contributed by atoms with E-state index in [-0.39, 0.29) is 22.6 Å². The molecule has 0 bridgehead atoms. The van der Waals surface area contributed by atoms with E-state index in [9.17, 15) is 14.7 Å². The normalized spacial score (nSPS) is 17.9. The molecule has 3 aromatic rings. The number of nitrogens with zero attached hydrogens (tertiary/aromatic N) is 4. The lowest BCUT2D eigenvalue weighted by atomic mass is 9.72. The molecule has 1 N–H and O–H groups in total. The second kappa shape index (κ2) is 9.02. The van der Waals surface area contributed by atoms with E-state index in [2.05, 4.69) is 40.7 Å². The smallest absolute Gasteiger partial charge is 0.407 e. The van der Waals surface area contributed by atoms with E-state index >= 15 is 0 Å². The van der Waals surface area contributed by atoms with E-state index in [1.807, 2.05) is 42.5 Å². The van der Waals surface area contributed by atoms with Crippen molar-refractivity contribution in [2.24, 2.45) is 17.9 Å². The number of imidazole rings is 1. The first kappa shape index (κ1) is 24.8. The zero-order valence-electron chi connectivity index (χ0n) is 21.6. The number of rotatable bonds is 5. The van der Waals surface area contributed by atoms with Crippen LogP contribution in [0.4, 0.5) is 4.79 Å². The minimum Gasteiger partial charge on any atom is -0.465 e. The number of aryl methyl sites for hydroxylation is 1. The molecule has 2 aromatic heterocycles. The Hall–Kier alpha value is -3.35. The molecule has 1 atom stereocenters. The van der Waals surface area contributed by atoms with Crippen LogP contribution in [0.3, 0.4) is 0 Å². The van der Waals surface area contributed by atoms with Crippen molar-refractivity contribution >= 4 is 22.8 Å². The minimum absolute atomic E-state index is 0.0411. The van der Waals surface area contributed by atoms with Crippen LogP contribution in [0, 0.1) is 10.8 Å². The molecule has 0 fully saturated rings. The summed E-state index contributed by atoms with van der Waals surface area (Å²) < 4.78 is 3.40. The zero-order valence-corrected chi connectivity index (χ0v) is 21.6. The molecular formula is C28H36N4O3. The summed E-state index contributed by atoms with van der Waals surface area (Å²) in [6.07, 6.45) is 2.58. The summed E-state index contributed by atoms with van der Waals surface area (Å²) in [6.45, 7) is 11.5. The van der Waals surface area contributed by atoms with Crippen LogP contribution >= 0.6 is 0 Å². The summed E-state index contributed by atoms with van der Waals surface area (Å²) in [5.41, 5.74) is 3.93. The Morgan fingerprint density at radius 2 is 1.86 bits per heavy atom. The summed E-state index contributed by atoms with van der Waals surface area (Å²) >= 11 is 0. The fraction of sp³-hybridized carbons (Fsp3) is 0.464. The van der Waals surface area contributed by atoms with Crippen LogP contribution in [0.15, 0.2) is 53.3 Å². The summed E-state index contributed by atoms with van der Waals surface area (Å²) in [5, 5.41) is 10.1. The standard InChI is InChI=1S/C28H36N4O3/c1-27(2,3)18-32-22-13-12-21(29-24(22)30(6)25(32)33)20-14-15-28(4,5)23(16-20)31(26(34)35)17-19-10-8-7-9-11-19/h7-14,23H,15-18H2,1-6H3,(H,34,35). The van der Waals surface area contributed by atoms with Crippen LogP contribution in [0.25, 0.3) is 16.7 Å². The van der Waals surface area contributed by atoms with E-state index in [1.54, 1.807) is 21.1 Å². The van der Waals surface area contributed by atoms with Crippen molar-refractivity contribution in [2.45, 2.75) is 66.6 Å². The summed E-state index contributed by atoms with van der Waals surface area (Å²) in [4.78, 5) is 31.7. The lowest BCUT2D eigenvalue weighted by Gasteiger charge is -2.43. The number of aromatic nitrogens is 3. The van der Waals surface area contributed by atoms with E-state index in [1.165, 1.54) is 0 Å². The van der Waals surface area contributed by atoms with Crippen molar-refractivity contribution in [3.05, 3.63) is 70.3 Å². The number of carbonyl (C=O) groups is 1. The first-order valence-corrected chi connectivity index (χ1v) is 12.2. The van der Waals surface area contributed by atoms with Crippen molar-refractivity contribution in [1.29, 1.82) is 0 Å². The topological polar surface area (TPSA) is 80.4 Å². The monoisotopic (exact) mass is 476 g/mol. The molecule has 1 unspecified atom stereocenters. The molecule has 186 valence electrons.